The molecule has 29 heavy (non-hydrogen) atoms. The molecule has 1 aliphatic rings. The van der Waals surface area contributed by atoms with Gasteiger partial charge in [0.15, 0.2) is 0 Å². The van der Waals surface area contributed by atoms with Crippen molar-refractivity contribution in [3.05, 3.63) is 59.7 Å². The van der Waals surface area contributed by atoms with Crippen molar-refractivity contribution in [3.8, 4) is 11.1 Å². The van der Waals surface area contributed by atoms with E-state index in [9.17, 15) is 14.7 Å². The zero-order valence-corrected chi connectivity index (χ0v) is 16.9. The van der Waals surface area contributed by atoms with E-state index in [1.807, 2.05) is 50.2 Å². The Balaban J connectivity index is 1.66. The maximum absolute atomic E-state index is 12.3. The molecule has 0 radical (unpaired) electrons. The molecular weight excluding hydrogens is 370 g/mol. The summed E-state index contributed by atoms with van der Waals surface area (Å²) in [5.74, 6) is -1.05. The van der Waals surface area contributed by atoms with Gasteiger partial charge < -0.3 is 19.9 Å². The predicted molar refractivity (Wildman–Crippen MR) is 110 cm³/mol. The largest absolute Gasteiger partial charge is 0.480 e. The number of hydrogen-bond donors (Lipinski definition) is 2. The third kappa shape index (κ3) is 4.59. The molecule has 0 saturated carbocycles. The highest BCUT2D eigenvalue weighted by molar-refractivity contribution is 5.81. The predicted octanol–water partition coefficient (Wildman–Crippen LogP) is 4.04. The van der Waals surface area contributed by atoms with E-state index in [2.05, 4.69) is 17.4 Å². The lowest BCUT2D eigenvalue weighted by Gasteiger charge is -2.23. The minimum atomic E-state index is -1.11. The van der Waals surface area contributed by atoms with Crippen LogP contribution in [0.25, 0.3) is 11.1 Å². The first-order valence-corrected chi connectivity index (χ1v) is 9.79. The van der Waals surface area contributed by atoms with Gasteiger partial charge in [0.05, 0.1) is 6.10 Å². The Hall–Kier alpha value is -2.86. The van der Waals surface area contributed by atoms with Crippen molar-refractivity contribution >= 4 is 12.1 Å². The number of aliphatic carboxylic acids is 1. The second kappa shape index (κ2) is 9.09. The summed E-state index contributed by atoms with van der Waals surface area (Å²) in [7, 11) is 1.54. The van der Waals surface area contributed by atoms with Crippen molar-refractivity contribution in [2.24, 2.45) is 5.92 Å². The Morgan fingerprint density at radius 2 is 1.59 bits per heavy atom. The molecule has 3 rings (SSSR count). The highest BCUT2D eigenvalue weighted by Crippen LogP contribution is 2.44. The van der Waals surface area contributed by atoms with Gasteiger partial charge in [0.2, 0.25) is 0 Å². The molecule has 2 unspecified atom stereocenters. The number of carbonyl (C=O) groups excluding carboxylic acids is 1. The van der Waals surface area contributed by atoms with Crippen LogP contribution in [0.15, 0.2) is 48.5 Å². The number of benzene rings is 2. The van der Waals surface area contributed by atoms with Gasteiger partial charge in [0.1, 0.15) is 12.6 Å². The van der Waals surface area contributed by atoms with E-state index in [0.717, 1.165) is 22.3 Å². The van der Waals surface area contributed by atoms with Crippen LogP contribution in [0.1, 0.15) is 37.3 Å². The highest BCUT2D eigenvalue weighted by atomic mass is 16.5. The number of ether oxygens (including phenoxy) is 2. The quantitative estimate of drug-likeness (QED) is 0.702. The van der Waals surface area contributed by atoms with Gasteiger partial charge in [-0.05, 0) is 28.2 Å². The Morgan fingerprint density at radius 3 is 2.07 bits per heavy atom. The van der Waals surface area contributed by atoms with Gasteiger partial charge in [-0.3, -0.25) is 0 Å². The minimum absolute atomic E-state index is 0.0705. The number of rotatable bonds is 8. The molecule has 0 saturated heterocycles. The van der Waals surface area contributed by atoms with Crippen LogP contribution in [-0.4, -0.2) is 43.0 Å². The van der Waals surface area contributed by atoms with Crippen molar-refractivity contribution < 1.29 is 24.2 Å². The first-order chi connectivity index (χ1) is 13.9. The van der Waals surface area contributed by atoms with E-state index >= 15 is 0 Å². The van der Waals surface area contributed by atoms with Crippen molar-refractivity contribution in [2.45, 2.75) is 38.3 Å². The molecule has 1 amide bonds. The second-order valence-electron chi connectivity index (χ2n) is 7.61. The highest BCUT2D eigenvalue weighted by Gasteiger charge is 2.30. The van der Waals surface area contributed by atoms with Gasteiger partial charge in [0, 0.05) is 19.4 Å². The summed E-state index contributed by atoms with van der Waals surface area (Å²) in [6.45, 7) is 4.03. The molecule has 2 atom stereocenters. The van der Waals surface area contributed by atoms with E-state index in [0.29, 0.717) is 0 Å². The van der Waals surface area contributed by atoms with E-state index < -0.39 is 18.1 Å². The van der Waals surface area contributed by atoms with Gasteiger partial charge in [-0.25, -0.2) is 9.59 Å². The molecule has 6 nitrogen and oxygen atoms in total. The van der Waals surface area contributed by atoms with E-state index in [-0.39, 0.29) is 31.0 Å². The molecule has 154 valence electrons. The molecule has 0 aliphatic heterocycles. The molecule has 0 heterocycles. The first kappa shape index (κ1) is 20.9. The van der Waals surface area contributed by atoms with Crippen LogP contribution in [-0.2, 0) is 14.3 Å². The molecule has 0 spiro atoms. The Labute approximate surface area is 170 Å². The Kier molecular flexibility index (Phi) is 6.54. The number of fused-ring (bicyclic) bond motifs is 3. The van der Waals surface area contributed by atoms with Crippen molar-refractivity contribution in [3.63, 3.8) is 0 Å². The average Bonchev–Trinajstić information content (AvgIpc) is 3.03. The van der Waals surface area contributed by atoms with Crippen LogP contribution >= 0.6 is 0 Å². The second-order valence-corrected chi connectivity index (χ2v) is 7.61. The summed E-state index contributed by atoms with van der Waals surface area (Å²) in [6, 6.07) is 15.0. The third-order valence-corrected chi connectivity index (χ3v) is 5.45. The molecule has 0 aromatic heterocycles. The molecule has 0 bridgehead atoms. The number of amides is 1. The van der Waals surface area contributed by atoms with Crippen LogP contribution < -0.4 is 5.32 Å². The lowest BCUT2D eigenvalue weighted by atomic mass is 9.98. The lowest BCUT2D eigenvalue weighted by molar-refractivity contribution is -0.140. The fourth-order valence-corrected chi connectivity index (χ4v) is 3.88. The topological polar surface area (TPSA) is 84.9 Å². The van der Waals surface area contributed by atoms with Gasteiger partial charge in [-0.15, -0.1) is 0 Å². The zero-order chi connectivity index (χ0) is 21.0. The number of methoxy groups -OCH3 is 1. The van der Waals surface area contributed by atoms with E-state index in [1.165, 1.54) is 7.11 Å². The fourth-order valence-electron chi connectivity index (χ4n) is 3.88. The minimum Gasteiger partial charge on any atom is -0.480 e. The molecule has 2 aromatic carbocycles. The van der Waals surface area contributed by atoms with Crippen LogP contribution in [0.2, 0.25) is 0 Å². The van der Waals surface area contributed by atoms with Crippen LogP contribution in [0.5, 0.6) is 0 Å². The van der Waals surface area contributed by atoms with Crippen LogP contribution in [0.4, 0.5) is 4.79 Å². The zero-order valence-electron chi connectivity index (χ0n) is 16.9. The number of hydrogen-bond acceptors (Lipinski definition) is 4. The molecule has 0 fully saturated rings. The lowest BCUT2D eigenvalue weighted by Crippen LogP contribution is -2.44. The smallest absolute Gasteiger partial charge is 0.407 e. The van der Waals surface area contributed by atoms with Gasteiger partial charge in [0.25, 0.3) is 0 Å². The monoisotopic (exact) mass is 397 g/mol. The van der Waals surface area contributed by atoms with E-state index in [4.69, 9.17) is 9.47 Å². The number of carbonyl (C=O) groups is 2. The summed E-state index contributed by atoms with van der Waals surface area (Å²) < 4.78 is 10.8. The van der Waals surface area contributed by atoms with Gasteiger partial charge >= 0.3 is 12.1 Å². The fraction of sp³-hybridized carbons (Fsp3) is 0.391. The molecule has 1 aliphatic carbocycles. The summed E-state index contributed by atoms with van der Waals surface area (Å²) in [5.41, 5.74) is 4.49. The molecule has 2 aromatic rings. The van der Waals surface area contributed by atoms with Crippen molar-refractivity contribution in [1.82, 2.24) is 5.32 Å². The Morgan fingerprint density at radius 1 is 1.03 bits per heavy atom. The standard InChI is InChI=1S/C23H27NO5/c1-14(2)21(28-3)12-20(22(25)26)24-23(27)29-13-19-17-10-6-4-8-15(17)16-9-5-7-11-18(16)19/h4-11,14,19-21H,12-13H2,1-3H3,(H,24,27)(H,25,26). The van der Waals surface area contributed by atoms with Crippen molar-refractivity contribution in [1.29, 1.82) is 0 Å². The maximum Gasteiger partial charge on any atom is 0.407 e. The number of carboxylic acid groups (broad SMARTS) is 1. The molecule has 6 heteroatoms. The van der Waals surface area contributed by atoms with Crippen LogP contribution in [0, 0.1) is 5.92 Å². The summed E-state index contributed by atoms with van der Waals surface area (Å²) in [5, 5.41) is 11.9. The normalized spacial score (nSPS) is 14.8. The number of alkyl carbamates (subject to hydrolysis) is 1. The van der Waals surface area contributed by atoms with Crippen molar-refractivity contribution in [2.75, 3.05) is 13.7 Å². The first-order valence-electron chi connectivity index (χ1n) is 9.79. The molecule has 2 N–H and O–H groups in total. The number of carboxylic acids is 1. The maximum atomic E-state index is 12.3. The van der Waals surface area contributed by atoms with Gasteiger partial charge in [-0.1, -0.05) is 62.4 Å². The van der Waals surface area contributed by atoms with E-state index in [1.54, 1.807) is 0 Å². The number of nitrogens with one attached hydrogen (secondary N) is 1. The summed E-state index contributed by atoms with van der Waals surface area (Å²) in [6.07, 6.45) is -0.837. The Bertz CT molecular complexity index is 834. The van der Waals surface area contributed by atoms with Gasteiger partial charge in [-0.2, -0.15) is 0 Å². The third-order valence-electron chi connectivity index (χ3n) is 5.45. The van der Waals surface area contributed by atoms with Crippen LogP contribution in [0.3, 0.4) is 0 Å². The molecular formula is C23H27NO5. The SMILES string of the molecule is COC(CC(NC(=O)OCC1c2ccccc2-c2ccccc21)C(=O)O)C(C)C. The summed E-state index contributed by atoms with van der Waals surface area (Å²) in [4.78, 5) is 23.9. The summed E-state index contributed by atoms with van der Waals surface area (Å²) >= 11 is 0. The average molecular weight is 397 g/mol.